The number of hydrogen-bond donors (Lipinski definition) is 2. The van der Waals surface area contributed by atoms with Crippen molar-refractivity contribution in [3.05, 3.63) is 36.4 Å². The lowest BCUT2D eigenvalue weighted by molar-refractivity contribution is -0.156. The van der Waals surface area contributed by atoms with Crippen molar-refractivity contribution in [3.63, 3.8) is 0 Å². The maximum absolute atomic E-state index is 13.7. The Morgan fingerprint density at radius 1 is 1.24 bits per heavy atom. The first kappa shape index (κ1) is 26.6. The molecule has 2 aromatic rings. The van der Waals surface area contributed by atoms with E-state index in [1.807, 2.05) is 7.05 Å². The van der Waals surface area contributed by atoms with Crippen molar-refractivity contribution in [2.75, 3.05) is 17.7 Å². The number of rotatable bonds is 9. The first-order valence-corrected chi connectivity index (χ1v) is 13.4. The van der Waals surface area contributed by atoms with Crippen LogP contribution in [0.3, 0.4) is 0 Å². The van der Waals surface area contributed by atoms with Crippen molar-refractivity contribution in [1.82, 2.24) is 24.8 Å². The van der Waals surface area contributed by atoms with E-state index in [1.165, 1.54) is 24.2 Å². The second-order valence-corrected chi connectivity index (χ2v) is 10.4. The van der Waals surface area contributed by atoms with Gasteiger partial charge < -0.3 is 15.6 Å². The van der Waals surface area contributed by atoms with Gasteiger partial charge in [-0.1, -0.05) is 39.0 Å². The molecular weight excluding hydrogens is 470 g/mol. The molecule has 200 valence electrons. The number of nitrogen functional groups attached to an aromatic ring is 1. The van der Waals surface area contributed by atoms with Crippen molar-refractivity contribution >= 4 is 29.5 Å². The first-order valence-electron chi connectivity index (χ1n) is 13.4. The van der Waals surface area contributed by atoms with E-state index in [4.69, 9.17) is 5.73 Å². The van der Waals surface area contributed by atoms with E-state index in [0.717, 1.165) is 42.6 Å². The number of pyridine rings is 1. The molecule has 0 radical (unpaired) electrons. The molecule has 10 heteroatoms. The van der Waals surface area contributed by atoms with Crippen LogP contribution < -0.4 is 16.0 Å². The van der Waals surface area contributed by atoms with Crippen LogP contribution in [0, 0.1) is 11.8 Å². The number of urea groups is 1. The molecule has 1 aliphatic carbocycles. The maximum atomic E-state index is 13.7. The van der Waals surface area contributed by atoms with Crippen LogP contribution in [-0.4, -0.2) is 56.4 Å². The summed E-state index contributed by atoms with van der Waals surface area (Å²) >= 11 is 0. The smallest absolute Gasteiger partial charge is 0.325 e. The summed E-state index contributed by atoms with van der Waals surface area (Å²) in [6, 6.07) is 2.08. The second kappa shape index (κ2) is 11.7. The molecule has 2 aromatic heterocycles. The zero-order chi connectivity index (χ0) is 26.5. The number of likely N-dealkylation sites (N-methyl/N-ethyl adjacent to an activating group) is 1. The largest absolute Gasteiger partial charge is 0.384 e. The molecule has 0 unspecified atom stereocenters. The molecule has 0 spiro atoms. The van der Waals surface area contributed by atoms with E-state index in [2.05, 4.69) is 22.2 Å². The topological polar surface area (TPSA) is 126 Å². The maximum Gasteiger partial charge on any atom is 0.325 e. The fourth-order valence-electron chi connectivity index (χ4n) is 5.63. The lowest BCUT2D eigenvalue weighted by Gasteiger charge is -2.46. The van der Waals surface area contributed by atoms with E-state index >= 15 is 0 Å². The van der Waals surface area contributed by atoms with Gasteiger partial charge in [0, 0.05) is 32.5 Å². The van der Waals surface area contributed by atoms with Crippen LogP contribution in [0.4, 0.5) is 16.4 Å². The first-order chi connectivity index (χ1) is 17.8. The van der Waals surface area contributed by atoms with Gasteiger partial charge in [0.15, 0.2) is 5.82 Å². The van der Waals surface area contributed by atoms with Gasteiger partial charge >= 0.3 is 6.03 Å². The number of nitrogens with two attached hydrogens (primary N) is 1. The SMILES string of the molecule is CCCC[C@@H](NC(=O)N1C(=O)[C@H](Cc2ccnc(N)c2)[C@H]1C(=O)N(C)c1cn(C)cn1)C1CCCCC1. The number of β-lactam (4-membered cyclic amide) rings is 1. The highest BCUT2D eigenvalue weighted by Gasteiger charge is 2.55. The Morgan fingerprint density at radius 2 is 2.00 bits per heavy atom. The predicted molar refractivity (Wildman–Crippen MR) is 142 cm³/mol. The Morgan fingerprint density at radius 3 is 2.65 bits per heavy atom. The summed E-state index contributed by atoms with van der Waals surface area (Å²) in [5, 5.41) is 3.16. The summed E-state index contributed by atoms with van der Waals surface area (Å²) in [6.45, 7) is 2.14. The lowest BCUT2D eigenvalue weighted by atomic mass is 9.81. The number of anilines is 2. The number of nitrogens with zero attached hydrogens (tertiary/aromatic N) is 5. The van der Waals surface area contributed by atoms with Crippen LogP contribution in [0.1, 0.15) is 63.9 Å². The molecule has 37 heavy (non-hydrogen) atoms. The average Bonchev–Trinajstić information content (AvgIpc) is 3.33. The van der Waals surface area contributed by atoms with Crippen LogP contribution >= 0.6 is 0 Å². The summed E-state index contributed by atoms with van der Waals surface area (Å²) in [5.74, 6) is -0.154. The average molecular weight is 510 g/mol. The summed E-state index contributed by atoms with van der Waals surface area (Å²) in [7, 11) is 3.44. The minimum atomic E-state index is -0.924. The zero-order valence-corrected chi connectivity index (χ0v) is 22.1. The highest BCUT2D eigenvalue weighted by molar-refractivity contribution is 6.12. The predicted octanol–water partition coefficient (Wildman–Crippen LogP) is 3.28. The van der Waals surface area contributed by atoms with Gasteiger partial charge in [0.05, 0.1) is 12.2 Å². The van der Waals surface area contributed by atoms with Crippen molar-refractivity contribution in [2.24, 2.45) is 18.9 Å². The molecule has 1 aliphatic heterocycles. The highest BCUT2D eigenvalue weighted by Crippen LogP contribution is 2.34. The number of carbonyl (C=O) groups is 3. The molecule has 4 rings (SSSR count). The van der Waals surface area contributed by atoms with Gasteiger partial charge in [0.25, 0.3) is 5.91 Å². The van der Waals surface area contributed by atoms with Crippen LogP contribution in [0.2, 0.25) is 0 Å². The van der Waals surface area contributed by atoms with Crippen molar-refractivity contribution in [2.45, 2.75) is 76.8 Å². The Balaban J connectivity index is 1.56. The van der Waals surface area contributed by atoms with Gasteiger partial charge in [-0.25, -0.2) is 14.8 Å². The number of aryl methyl sites for hydroxylation is 1. The molecule has 1 saturated heterocycles. The molecule has 3 atom stereocenters. The quantitative estimate of drug-likeness (QED) is 0.500. The monoisotopic (exact) mass is 509 g/mol. The molecule has 0 bridgehead atoms. The Labute approximate surface area is 218 Å². The van der Waals surface area contributed by atoms with Gasteiger partial charge in [-0.05, 0) is 49.3 Å². The third-order valence-electron chi connectivity index (χ3n) is 7.75. The zero-order valence-electron chi connectivity index (χ0n) is 22.1. The van der Waals surface area contributed by atoms with Gasteiger partial charge in [0.2, 0.25) is 5.91 Å². The van der Waals surface area contributed by atoms with Crippen molar-refractivity contribution in [1.29, 1.82) is 0 Å². The van der Waals surface area contributed by atoms with E-state index < -0.39 is 18.0 Å². The fourth-order valence-corrected chi connectivity index (χ4v) is 5.63. The van der Waals surface area contributed by atoms with Crippen LogP contribution in [0.15, 0.2) is 30.9 Å². The minimum absolute atomic E-state index is 0.00358. The summed E-state index contributed by atoms with van der Waals surface area (Å²) in [6.07, 6.45) is 13.9. The van der Waals surface area contributed by atoms with Gasteiger partial charge in [-0.3, -0.25) is 19.4 Å². The molecule has 10 nitrogen and oxygen atoms in total. The van der Waals surface area contributed by atoms with Crippen LogP contribution in [0.5, 0.6) is 0 Å². The van der Waals surface area contributed by atoms with Crippen LogP contribution in [0.25, 0.3) is 0 Å². The van der Waals surface area contributed by atoms with Crippen molar-refractivity contribution in [3.8, 4) is 0 Å². The molecule has 1 saturated carbocycles. The summed E-state index contributed by atoms with van der Waals surface area (Å²) < 4.78 is 1.75. The third kappa shape index (κ3) is 5.94. The molecule has 2 aliphatic rings. The summed E-state index contributed by atoms with van der Waals surface area (Å²) in [4.78, 5) is 51.4. The van der Waals surface area contributed by atoms with Gasteiger partial charge in [-0.2, -0.15) is 0 Å². The molecule has 4 amide bonds. The molecule has 0 aromatic carbocycles. The standard InChI is InChI=1S/C27H39N7O3/c1-4-5-11-21(19-9-7-6-8-10-19)31-27(37)34-24(26(36)33(3)23-16-32(2)17-30-23)20(25(34)35)14-18-12-13-29-22(28)15-18/h12-13,15-17,19-21,24H,4-11,14H2,1-3H3,(H2,28,29)(H,31,37)/t20-,21-,24+/m1/s1. The van der Waals surface area contributed by atoms with Crippen LogP contribution in [-0.2, 0) is 23.1 Å². The fraction of sp³-hybridized carbons (Fsp3) is 0.593. The van der Waals surface area contributed by atoms with Gasteiger partial charge in [-0.15, -0.1) is 0 Å². The number of hydrogen-bond acceptors (Lipinski definition) is 6. The van der Waals surface area contributed by atoms with Crippen molar-refractivity contribution < 1.29 is 14.4 Å². The second-order valence-electron chi connectivity index (χ2n) is 10.4. The number of aromatic nitrogens is 3. The number of nitrogens with one attached hydrogen (secondary N) is 1. The molecule has 3 N–H and O–H groups in total. The van der Waals surface area contributed by atoms with Gasteiger partial charge in [0.1, 0.15) is 11.9 Å². The Bertz CT molecular complexity index is 1110. The number of unbranched alkanes of at least 4 members (excludes halogenated alkanes) is 1. The number of imide groups is 1. The van der Waals surface area contributed by atoms with E-state index in [1.54, 1.807) is 42.5 Å². The third-order valence-corrected chi connectivity index (χ3v) is 7.75. The Kier molecular flexibility index (Phi) is 8.45. The minimum Gasteiger partial charge on any atom is -0.384 e. The normalized spacial score (nSPS) is 20.8. The van der Waals surface area contributed by atoms with E-state index in [-0.39, 0.29) is 17.9 Å². The number of imidazole rings is 1. The highest BCUT2D eigenvalue weighted by atomic mass is 16.2. The van der Waals surface area contributed by atoms with E-state index in [0.29, 0.717) is 24.0 Å². The number of carbonyl (C=O) groups excluding carboxylic acids is 3. The number of likely N-dealkylation sites (tertiary alicyclic amines) is 1. The lowest BCUT2D eigenvalue weighted by Crippen LogP contribution is -2.71. The summed E-state index contributed by atoms with van der Waals surface area (Å²) in [5.41, 5.74) is 6.63. The van der Waals surface area contributed by atoms with E-state index in [9.17, 15) is 14.4 Å². The Hall–Kier alpha value is -3.43. The molecular formula is C27H39N7O3. The number of amides is 4. The molecule has 2 fully saturated rings. The molecule has 3 heterocycles.